The van der Waals surface area contributed by atoms with Crippen molar-refractivity contribution in [1.82, 2.24) is 4.90 Å². The van der Waals surface area contributed by atoms with E-state index in [9.17, 15) is 13.6 Å². The van der Waals surface area contributed by atoms with Gasteiger partial charge in [-0.1, -0.05) is 36.4 Å². The average molecular weight is 331 g/mol. The SMILES string of the molecule is C[C@H](C(=O)N1COC[C@@H]1Cc1ccccc1)c1ccc(F)cc1F. The second-order valence-corrected chi connectivity index (χ2v) is 6.04. The summed E-state index contributed by atoms with van der Waals surface area (Å²) >= 11 is 0. The Labute approximate surface area is 139 Å². The monoisotopic (exact) mass is 331 g/mol. The van der Waals surface area contributed by atoms with Gasteiger partial charge in [-0.15, -0.1) is 0 Å². The molecule has 0 N–H and O–H groups in total. The van der Waals surface area contributed by atoms with Crippen molar-refractivity contribution in [2.24, 2.45) is 0 Å². The van der Waals surface area contributed by atoms with E-state index in [4.69, 9.17) is 4.74 Å². The first kappa shape index (κ1) is 16.6. The smallest absolute Gasteiger partial charge is 0.232 e. The number of hydrogen-bond acceptors (Lipinski definition) is 2. The van der Waals surface area contributed by atoms with Crippen LogP contribution in [0.3, 0.4) is 0 Å². The van der Waals surface area contributed by atoms with Gasteiger partial charge in [-0.2, -0.15) is 0 Å². The summed E-state index contributed by atoms with van der Waals surface area (Å²) in [5.74, 6) is -2.25. The fourth-order valence-electron chi connectivity index (χ4n) is 3.02. The maximum absolute atomic E-state index is 14.0. The van der Waals surface area contributed by atoms with Crippen LogP contribution < -0.4 is 0 Å². The first-order chi connectivity index (χ1) is 11.6. The van der Waals surface area contributed by atoms with Crippen LogP contribution in [-0.2, 0) is 16.0 Å². The maximum Gasteiger partial charge on any atom is 0.232 e. The second-order valence-electron chi connectivity index (χ2n) is 6.04. The van der Waals surface area contributed by atoms with Crippen molar-refractivity contribution < 1.29 is 18.3 Å². The van der Waals surface area contributed by atoms with Crippen LogP contribution in [0.2, 0.25) is 0 Å². The van der Waals surface area contributed by atoms with Gasteiger partial charge in [0.1, 0.15) is 18.4 Å². The van der Waals surface area contributed by atoms with Crippen LogP contribution in [0, 0.1) is 11.6 Å². The lowest BCUT2D eigenvalue weighted by atomic mass is 9.97. The number of amides is 1. The highest BCUT2D eigenvalue weighted by molar-refractivity contribution is 5.83. The Morgan fingerprint density at radius 1 is 1.25 bits per heavy atom. The topological polar surface area (TPSA) is 29.5 Å². The fraction of sp³-hybridized carbons (Fsp3) is 0.316. The highest BCUT2D eigenvalue weighted by Gasteiger charge is 2.33. The molecule has 3 rings (SSSR count). The predicted molar refractivity (Wildman–Crippen MR) is 86.4 cm³/mol. The van der Waals surface area contributed by atoms with Crippen molar-refractivity contribution in [3.05, 3.63) is 71.3 Å². The Morgan fingerprint density at radius 2 is 2.00 bits per heavy atom. The summed E-state index contributed by atoms with van der Waals surface area (Å²) in [5.41, 5.74) is 1.32. The number of rotatable bonds is 4. The Hall–Kier alpha value is -2.27. The molecule has 0 unspecified atom stereocenters. The van der Waals surface area contributed by atoms with Crippen molar-refractivity contribution in [2.45, 2.75) is 25.3 Å². The quantitative estimate of drug-likeness (QED) is 0.858. The van der Waals surface area contributed by atoms with E-state index < -0.39 is 17.6 Å². The van der Waals surface area contributed by atoms with Gasteiger partial charge < -0.3 is 9.64 Å². The number of ether oxygens (including phenoxy) is 1. The van der Waals surface area contributed by atoms with Crippen molar-refractivity contribution in [3.63, 3.8) is 0 Å². The highest BCUT2D eigenvalue weighted by atomic mass is 19.1. The van der Waals surface area contributed by atoms with Gasteiger partial charge in [0.2, 0.25) is 5.91 Å². The van der Waals surface area contributed by atoms with E-state index in [1.54, 1.807) is 11.8 Å². The number of hydrogen-bond donors (Lipinski definition) is 0. The summed E-state index contributed by atoms with van der Waals surface area (Å²) in [6.45, 7) is 2.29. The second kappa shape index (κ2) is 7.09. The lowest BCUT2D eigenvalue weighted by molar-refractivity contribution is -0.134. The van der Waals surface area contributed by atoms with Crippen LogP contribution >= 0.6 is 0 Å². The molecule has 0 radical (unpaired) electrons. The van der Waals surface area contributed by atoms with Gasteiger partial charge in [-0.05, 0) is 25.0 Å². The fourth-order valence-corrected chi connectivity index (χ4v) is 3.02. The van der Waals surface area contributed by atoms with Crippen molar-refractivity contribution >= 4 is 5.91 Å². The van der Waals surface area contributed by atoms with Gasteiger partial charge in [0.15, 0.2) is 0 Å². The molecule has 0 saturated carbocycles. The van der Waals surface area contributed by atoms with Crippen LogP contribution in [0.5, 0.6) is 0 Å². The lowest BCUT2D eigenvalue weighted by Gasteiger charge is -2.26. The Balaban J connectivity index is 1.75. The molecular weight excluding hydrogens is 312 g/mol. The molecule has 0 aromatic heterocycles. The van der Waals surface area contributed by atoms with E-state index in [1.165, 1.54) is 12.1 Å². The number of benzene rings is 2. The van der Waals surface area contributed by atoms with E-state index in [2.05, 4.69) is 0 Å². The zero-order valence-electron chi connectivity index (χ0n) is 13.4. The third-order valence-corrected chi connectivity index (χ3v) is 4.38. The minimum Gasteiger partial charge on any atom is -0.359 e. The minimum absolute atomic E-state index is 0.0779. The summed E-state index contributed by atoms with van der Waals surface area (Å²) in [6.07, 6.45) is 0.686. The molecule has 1 aliphatic rings. The summed E-state index contributed by atoms with van der Waals surface area (Å²) in [7, 11) is 0. The molecule has 0 spiro atoms. The predicted octanol–water partition coefficient (Wildman–Crippen LogP) is 3.50. The molecule has 1 heterocycles. The Bertz CT molecular complexity index is 721. The molecule has 2 atom stereocenters. The van der Waals surface area contributed by atoms with Crippen molar-refractivity contribution in [2.75, 3.05) is 13.3 Å². The number of nitrogens with zero attached hydrogens (tertiary/aromatic N) is 1. The van der Waals surface area contributed by atoms with Crippen LogP contribution in [0.25, 0.3) is 0 Å². The van der Waals surface area contributed by atoms with Gasteiger partial charge in [0.05, 0.1) is 18.6 Å². The molecule has 1 aliphatic heterocycles. The van der Waals surface area contributed by atoms with E-state index in [0.717, 1.165) is 11.6 Å². The maximum atomic E-state index is 14.0. The lowest BCUT2D eigenvalue weighted by Crippen LogP contribution is -2.40. The third-order valence-electron chi connectivity index (χ3n) is 4.38. The van der Waals surface area contributed by atoms with Crippen LogP contribution in [0.4, 0.5) is 8.78 Å². The van der Waals surface area contributed by atoms with Gasteiger partial charge in [0.25, 0.3) is 0 Å². The third kappa shape index (κ3) is 3.46. The van der Waals surface area contributed by atoms with Gasteiger partial charge >= 0.3 is 0 Å². The summed E-state index contributed by atoms with van der Waals surface area (Å²) in [5, 5.41) is 0. The summed E-state index contributed by atoms with van der Waals surface area (Å²) < 4.78 is 32.5. The molecule has 1 amide bonds. The molecule has 2 aromatic carbocycles. The largest absolute Gasteiger partial charge is 0.359 e. The molecule has 1 saturated heterocycles. The molecule has 0 aliphatic carbocycles. The van der Waals surface area contributed by atoms with E-state index in [1.807, 2.05) is 30.3 Å². The average Bonchev–Trinajstić information content (AvgIpc) is 3.02. The molecule has 1 fully saturated rings. The number of carbonyl (C=O) groups excluding carboxylic acids is 1. The highest BCUT2D eigenvalue weighted by Crippen LogP contribution is 2.25. The first-order valence-corrected chi connectivity index (χ1v) is 7.93. The van der Waals surface area contributed by atoms with Crippen molar-refractivity contribution in [1.29, 1.82) is 0 Å². The van der Waals surface area contributed by atoms with E-state index in [0.29, 0.717) is 13.0 Å². The molecule has 2 aromatic rings. The van der Waals surface area contributed by atoms with Gasteiger partial charge in [0, 0.05) is 11.6 Å². The molecule has 5 heteroatoms. The zero-order chi connectivity index (χ0) is 17.1. The van der Waals surface area contributed by atoms with Crippen LogP contribution in [0.15, 0.2) is 48.5 Å². The van der Waals surface area contributed by atoms with Gasteiger partial charge in [-0.3, -0.25) is 4.79 Å². The summed E-state index contributed by atoms with van der Waals surface area (Å²) in [4.78, 5) is 14.4. The first-order valence-electron chi connectivity index (χ1n) is 7.93. The van der Waals surface area contributed by atoms with Gasteiger partial charge in [-0.25, -0.2) is 8.78 Å². The zero-order valence-corrected chi connectivity index (χ0v) is 13.4. The van der Waals surface area contributed by atoms with Crippen LogP contribution in [-0.4, -0.2) is 30.2 Å². The standard InChI is InChI=1S/C19H19F2NO2/c1-13(17-8-7-15(20)10-18(17)21)19(23)22-12-24-11-16(22)9-14-5-3-2-4-6-14/h2-8,10,13,16H,9,11-12H2,1H3/t13-,16-/m0/s1. The van der Waals surface area contributed by atoms with Crippen LogP contribution in [0.1, 0.15) is 24.0 Å². The Morgan fingerprint density at radius 3 is 2.71 bits per heavy atom. The molecule has 24 heavy (non-hydrogen) atoms. The van der Waals surface area contributed by atoms with E-state index >= 15 is 0 Å². The summed E-state index contributed by atoms with van der Waals surface area (Å²) in [6, 6.07) is 13.1. The number of carbonyl (C=O) groups is 1. The van der Waals surface area contributed by atoms with E-state index in [-0.39, 0.29) is 24.2 Å². The molecule has 0 bridgehead atoms. The Kier molecular flexibility index (Phi) is 4.90. The van der Waals surface area contributed by atoms with Crippen molar-refractivity contribution in [3.8, 4) is 0 Å². The molecule has 126 valence electrons. The normalized spacial score (nSPS) is 18.6. The minimum atomic E-state index is -0.699. The number of halogens is 2. The molecular formula is C19H19F2NO2. The molecule has 3 nitrogen and oxygen atoms in total.